The maximum Gasteiger partial charge on any atom is 0.263 e. The molecule has 20 heteroatoms. The molecule has 0 atom stereocenters. The number of rotatable bonds is 19. The summed E-state index contributed by atoms with van der Waals surface area (Å²) in [6.45, 7) is 11.3. The van der Waals surface area contributed by atoms with Gasteiger partial charge < -0.3 is 30.3 Å². The van der Waals surface area contributed by atoms with Crippen LogP contribution in [0.15, 0.2) is 47.5 Å². The van der Waals surface area contributed by atoms with Crippen molar-refractivity contribution in [2.45, 2.75) is 65.8 Å². The van der Waals surface area contributed by atoms with Gasteiger partial charge in [-0.15, -0.1) is 11.3 Å². The molecule has 7 rings (SSSR count). The molecule has 1 saturated carbocycles. The summed E-state index contributed by atoms with van der Waals surface area (Å²) in [4.78, 5) is 87.5. The Kier molecular flexibility index (Phi) is 15.6. The van der Waals surface area contributed by atoms with E-state index in [-0.39, 0.29) is 72.9 Å². The van der Waals surface area contributed by atoms with Crippen LogP contribution >= 0.6 is 11.3 Å². The Hall–Kier alpha value is -6.22. The number of pyridine rings is 2. The summed E-state index contributed by atoms with van der Waals surface area (Å²) in [5.74, 6) is -1.10. The summed E-state index contributed by atoms with van der Waals surface area (Å²) < 4.78 is 26.8. The zero-order valence-electron chi connectivity index (χ0n) is 37.0. The van der Waals surface area contributed by atoms with Gasteiger partial charge in [-0.05, 0) is 76.4 Å². The van der Waals surface area contributed by atoms with Gasteiger partial charge in [-0.25, -0.2) is 19.3 Å². The maximum atomic E-state index is 14.0. The summed E-state index contributed by atoms with van der Waals surface area (Å²) in [5, 5.41) is 12.4. The number of ketones is 1. The number of Topliss-reactive ketones (excluding diaryl/α,β-unsaturated/α-hetero) is 1. The third kappa shape index (κ3) is 11.9. The Morgan fingerprint density at radius 1 is 0.877 bits per heavy atom. The average Bonchev–Trinajstić information content (AvgIpc) is 3.92. The van der Waals surface area contributed by atoms with E-state index in [1.165, 1.54) is 24.3 Å². The van der Waals surface area contributed by atoms with Crippen LogP contribution < -0.4 is 31.7 Å². The zero-order valence-corrected chi connectivity index (χ0v) is 37.8. The van der Waals surface area contributed by atoms with E-state index in [1.807, 2.05) is 26.0 Å². The summed E-state index contributed by atoms with van der Waals surface area (Å²) >= 11 is 1.31. The number of carbonyl (C=O) groups excluding carboxylic acids is 4. The second-order valence-electron chi connectivity index (χ2n) is 16.1. The van der Waals surface area contributed by atoms with E-state index in [1.54, 1.807) is 23.9 Å². The number of amides is 3. The molecule has 18 nitrogen and oxygen atoms in total. The number of hydrogen-bond acceptors (Lipinski definition) is 15. The highest BCUT2D eigenvalue weighted by Gasteiger charge is 2.26. The van der Waals surface area contributed by atoms with Crippen LogP contribution in [0.1, 0.15) is 81.9 Å². The van der Waals surface area contributed by atoms with E-state index in [0.717, 1.165) is 67.2 Å². The molecule has 3 amide bonds. The highest BCUT2D eigenvalue weighted by molar-refractivity contribution is 7.15. The lowest BCUT2D eigenvalue weighted by Gasteiger charge is -2.35. The van der Waals surface area contributed by atoms with Crippen LogP contribution in [0.25, 0.3) is 11.0 Å². The molecular weight excluding hydrogens is 858 g/mol. The SMILES string of the molecule is CC(=O)c1c(C)c2cnc(Nc3ccc(N4CCN(CC(=O)NCCOCCOCCC(=O)Nc5ccc(F)cc5C(=O)Nc5nc(C)c(C)s5)CC4)cn3)nc2n(C2CCCC2)c1=O. The lowest BCUT2D eigenvalue weighted by atomic mass is 10.0. The number of ether oxygens (including phenoxy) is 2. The minimum Gasteiger partial charge on any atom is -0.379 e. The molecule has 4 N–H and O–H groups in total. The minimum atomic E-state index is -0.613. The van der Waals surface area contributed by atoms with Crippen molar-refractivity contribution in [2.75, 3.05) is 86.5 Å². The number of fused-ring (bicyclic) bond motifs is 1. The fraction of sp³-hybridized carbons (Fsp3) is 0.444. The first kappa shape index (κ1) is 46.8. The lowest BCUT2D eigenvalue weighted by molar-refractivity contribution is -0.122. The van der Waals surface area contributed by atoms with Crippen LogP contribution in [0.3, 0.4) is 0 Å². The van der Waals surface area contributed by atoms with E-state index in [4.69, 9.17) is 14.5 Å². The Balaban J connectivity index is 0.767. The molecule has 5 heterocycles. The highest BCUT2D eigenvalue weighted by atomic mass is 32.1. The van der Waals surface area contributed by atoms with Crippen LogP contribution in [0, 0.1) is 26.6 Å². The fourth-order valence-corrected chi connectivity index (χ4v) is 8.77. The number of halogens is 1. The van der Waals surface area contributed by atoms with Gasteiger partial charge in [0, 0.05) is 55.2 Å². The van der Waals surface area contributed by atoms with E-state index >= 15 is 0 Å². The van der Waals surface area contributed by atoms with Gasteiger partial charge in [0.25, 0.3) is 11.5 Å². The van der Waals surface area contributed by atoms with Gasteiger partial charge in [0.2, 0.25) is 17.8 Å². The van der Waals surface area contributed by atoms with Crippen LogP contribution in [0.5, 0.6) is 0 Å². The molecule has 5 aromatic rings. The number of anilines is 5. The monoisotopic (exact) mass is 911 g/mol. The molecule has 2 fully saturated rings. The number of nitrogens with zero attached hydrogens (tertiary/aromatic N) is 7. The number of aromatic nitrogens is 5. The van der Waals surface area contributed by atoms with Gasteiger partial charge in [-0.1, -0.05) is 12.8 Å². The second kappa shape index (κ2) is 21.6. The van der Waals surface area contributed by atoms with Gasteiger partial charge in [-0.3, -0.25) is 38.8 Å². The van der Waals surface area contributed by atoms with E-state index in [9.17, 15) is 28.4 Å². The third-order valence-corrected chi connectivity index (χ3v) is 12.5. The van der Waals surface area contributed by atoms with Crippen molar-refractivity contribution in [3.63, 3.8) is 0 Å². The zero-order chi connectivity index (χ0) is 46.0. The first-order valence-corrected chi connectivity index (χ1v) is 22.6. The van der Waals surface area contributed by atoms with Crippen molar-refractivity contribution in [1.29, 1.82) is 0 Å². The van der Waals surface area contributed by atoms with Crippen molar-refractivity contribution in [3.8, 4) is 0 Å². The largest absolute Gasteiger partial charge is 0.379 e. The molecule has 344 valence electrons. The average molecular weight is 912 g/mol. The Labute approximate surface area is 379 Å². The number of piperazine rings is 1. The van der Waals surface area contributed by atoms with Crippen LogP contribution in [0.4, 0.5) is 32.7 Å². The summed E-state index contributed by atoms with van der Waals surface area (Å²) in [6, 6.07) is 7.38. The normalized spacial score (nSPS) is 14.4. The number of thiazole rings is 1. The van der Waals surface area contributed by atoms with Crippen LogP contribution in [0.2, 0.25) is 0 Å². The number of carbonyl (C=O) groups is 4. The number of benzene rings is 1. The third-order valence-electron chi connectivity index (χ3n) is 11.5. The topological polar surface area (TPSA) is 215 Å². The number of nitrogens with one attached hydrogen (secondary N) is 4. The van der Waals surface area contributed by atoms with Gasteiger partial charge in [-0.2, -0.15) is 4.98 Å². The summed E-state index contributed by atoms with van der Waals surface area (Å²) in [6.07, 6.45) is 7.23. The Bertz CT molecular complexity index is 2570. The smallest absolute Gasteiger partial charge is 0.263 e. The molecule has 4 aromatic heterocycles. The molecule has 1 aliphatic heterocycles. The van der Waals surface area contributed by atoms with Crippen LogP contribution in [-0.2, 0) is 19.1 Å². The molecule has 0 spiro atoms. The van der Waals surface area contributed by atoms with E-state index in [2.05, 4.69) is 46.0 Å². The second-order valence-corrected chi connectivity index (χ2v) is 17.3. The Morgan fingerprint density at radius 2 is 1.63 bits per heavy atom. The number of hydrogen-bond donors (Lipinski definition) is 4. The maximum absolute atomic E-state index is 14.0. The molecule has 0 bridgehead atoms. The van der Waals surface area contributed by atoms with Crippen molar-refractivity contribution >= 4 is 74.1 Å². The number of aryl methyl sites for hydroxylation is 3. The summed E-state index contributed by atoms with van der Waals surface area (Å²) in [7, 11) is 0. The van der Waals surface area contributed by atoms with Gasteiger partial charge in [0.1, 0.15) is 17.3 Å². The molecule has 0 radical (unpaired) electrons. The molecule has 1 aromatic carbocycles. The predicted molar refractivity (Wildman–Crippen MR) is 246 cm³/mol. The summed E-state index contributed by atoms with van der Waals surface area (Å²) in [5.41, 5.74) is 2.90. The minimum absolute atomic E-state index is 0.00972. The molecule has 1 saturated heterocycles. The molecule has 2 aliphatic rings. The van der Waals surface area contributed by atoms with E-state index < -0.39 is 17.6 Å². The lowest BCUT2D eigenvalue weighted by Crippen LogP contribution is -2.49. The van der Waals surface area contributed by atoms with Gasteiger partial charge >= 0.3 is 0 Å². The van der Waals surface area contributed by atoms with Crippen LogP contribution in [-0.4, -0.2) is 119 Å². The fourth-order valence-electron chi connectivity index (χ4n) is 7.96. The molecule has 65 heavy (non-hydrogen) atoms. The van der Waals surface area contributed by atoms with Crippen molar-refractivity contribution in [2.24, 2.45) is 0 Å². The van der Waals surface area contributed by atoms with Gasteiger partial charge in [0.15, 0.2) is 10.9 Å². The molecule has 1 aliphatic carbocycles. The first-order valence-electron chi connectivity index (χ1n) is 21.7. The quantitative estimate of drug-likeness (QED) is 0.0610. The van der Waals surface area contributed by atoms with Gasteiger partial charge in [0.05, 0.1) is 73.8 Å². The standard InChI is InChI=1S/C45H54FN11O7S/c1-27-35-25-49-44(53-41(35)57(32-7-5-6-8-32)43(62)40(27)29(3)58)52-37-12-10-33(24-48-37)56-17-15-55(16-18-56)26-39(60)47-14-20-64-22-21-63-19-13-38(59)51-36-11-9-31(46)23-34(36)42(61)54-45-50-28(2)30(4)65-45/h9-12,23-25,32H,5-8,13-22,26H2,1-4H3,(H,47,60)(H,51,59)(H,50,54,61)(H,48,49,52,53). The van der Waals surface area contributed by atoms with E-state index in [0.29, 0.717) is 59.7 Å². The first-order chi connectivity index (χ1) is 31.3. The van der Waals surface area contributed by atoms with Crippen molar-refractivity contribution in [1.82, 2.24) is 34.7 Å². The predicted octanol–water partition coefficient (Wildman–Crippen LogP) is 5.32. The molecule has 0 unspecified atom stereocenters. The van der Waals surface area contributed by atoms with Crippen molar-refractivity contribution in [3.05, 3.63) is 86.2 Å². The highest BCUT2D eigenvalue weighted by Crippen LogP contribution is 2.32. The molecular formula is C45H54FN11O7S. The Morgan fingerprint density at radius 3 is 2.32 bits per heavy atom. The van der Waals surface area contributed by atoms with Crippen molar-refractivity contribution < 1.29 is 33.0 Å².